The summed E-state index contributed by atoms with van der Waals surface area (Å²) in [6, 6.07) is 3.32. The Morgan fingerprint density at radius 3 is 2.71 bits per heavy atom. The average molecular weight is 445 g/mol. The summed E-state index contributed by atoms with van der Waals surface area (Å²) in [5.74, 6) is 2.13. The molecular formula is C24H32N2O4S. The first kappa shape index (κ1) is 23.4. The lowest BCUT2D eigenvalue weighted by Crippen LogP contribution is -2.44. The lowest BCUT2D eigenvalue weighted by atomic mass is 9.87. The van der Waals surface area contributed by atoms with Gasteiger partial charge in [0.05, 0.1) is 0 Å². The summed E-state index contributed by atoms with van der Waals surface area (Å²) in [7, 11) is 0. The van der Waals surface area contributed by atoms with Crippen LogP contribution in [0.5, 0.6) is 11.5 Å². The van der Waals surface area contributed by atoms with Crippen molar-refractivity contribution in [2.45, 2.75) is 58.6 Å². The molecule has 2 unspecified atom stereocenters. The quantitative estimate of drug-likeness (QED) is 0.474. The van der Waals surface area contributed by atoms with Crippen LogP contribution in [0.4, 0.5) is 0 Å². The molecule has 31 heavy (non-hydrogen) atoms. The van der Waals surface area contributed by atoms with Gasteiger partial charge in [-0.3, -0.25) is 9.78 Å². The Balaban J connectivity index is 1.50. The van der Waals surface area contributed by atoms with Gasteiger partial charge in [0.25, 0.3) is 0 Å². The van der Waals surface area contributed by atoms with Crippen LogP contribution in [-0.2, 0) is 22.4 Å². The molecule has 0 bridgehead atoms. The predicted molar refractivity (Wildman–Crippen MR) is 124 cm³/mol. The third kappa shape index (κ3) is 5.52. The molecule has 6 nitrogen and oxygen atoms in total. The summed E-state index contributed by atoms with van der Waals surface area (Å²) in [5.41, 5.74) is 10.3. The highest BCUT2D eigenvalue weighted by Crippen LogP contribution is 2.43. The maximum absolute atomic E-state index is 12.4. The summed E-state index contributed by atoms with van der Waals surface area (Å²) in [6.07, 6.45) is 5.94. The molecule has 0 fully saturated rings. The summed E-state index contributed by atoms with van der Waals surface area (Å²) < 4.78 is 11.8. The second-order valence-electron chi connectivity index (χ2n) is 8.48. The molecule has 2 aromatic rings. The number of benzene rings is 1. The van der Waals surface area contributed by atoms with Crippen molar-refractivity contribution >= 4 is 17.7 Å². The zero-order valence-corrected chi connectivity index (χ0v) is 19.6. The Morgan fingerprint density at radius 1 is 1.29 bits per heavy atom. The van der Waals surface area contributed by atoms with E-state index in [1.165, 1.54) is 5.56 Å². The van der Waals surface area contributed by atoms with Crippen LogP contribution >= 0.6 is 11.8 Å². The normalized spacial score (nSPS) is 18.7. The predicted octanol–water partition coefficient (Wildman–Crippen LogP) is 3.64. The number of rotatable bonds is 8. The van der Waals surface area contributed by atoms with E-state index in [1.807, 2.05) is 39.8 Å². The summed E-state index contributed by atoms with van der Waals surface area (Å²) >= 11 is 1.64. The van der Waals surface area contributed by atoms with Crippen molar-refractivity contribution in [3.05, 3.63) is 52.3 Å². The second-order valence-corrected chi connectivity index (χ2v) is 9.63. The largest absolute Gasteiger partial charge is 0.507 e. The van der Waals surface area contributed by atoms with Crippen LogP contribution in [0.1, 0.15) is 41.2 Å². The van der Waals surface area contributed by atoms with E-state index in [0.29, 0.717) is 17.9 Å². The molecule has 2 atom stereocenters. The monoisotopic (exact) mass is 444 g/mol. The summed E-state index contributed by atoms with van der Waals surface area (Å²) in [6.45, 7) is 7.86. The topological polar surface area (TPSA) is 94.7 Å². The van der Waals surface area contributed by atoms with E-state index in [4.69, 9.17) is 15.2 Å². The molecule has 0 amide bonds. The number of aromatic hydroxyl groups is 1. The number of esters is 1. The van der Waals surface area contributed by atoms with Crippen molar-refractivity contribution in [2.75, 3.05) is 18.1 Å². The number of phenolic OH excluding ortho intramolecular Hbond substituents is 1. The Labute approximate surface area is 188 Å². The molecule has 0 saturated carbocycles. The van der Waals surface area contributed by atoms with Crippen LogP contribution in [0.2, 0.25) is 0 Å². The van der Waals surface area contributed by atoms with Crippen molar-refractivity contribution in [2.24, 2.45) is 5.73 Å². The first-order valence-electron chi connectivity index (χ1n) is 10.6. The lowest BCUT2D eigenvalue weighted by Gasteiger charge is -2.37. The van der Waals surface area contributed by atoms with E-state index in [-0.39, 0.29) is 6.61 Å². The fourth-order valence-corrected chi connectivity index (χ4v) is 4.68. The van der Waals surface area contributed by atoms with Crippen molar-refractivity contribution in [1.29, 1.82) is 0 Å². The maximum atomic E-state index is 12.4. The van der Waals surface area contributed by atoms with Crippen molar-refractivity contribution in [3.8, 4) is 11.5 Å². The number of carbonyl (C=O) groups is 1. The fourth-order valence-electron chi connectivity index (χ4n) is 3.75. The molecule has 2 heterocycles. The number of aromatic nitrogens is 1. The van der Waals surface area contributed by atoms with Crippen LogP contribution in [0.25, 0.3) is 0 Å². The fraction of sp³-hybridized carbons (Fsp3) is 0.500. The molecule has 3 rings (SSSR count). The lowest BCUT2D eigenvalue weighted by molar-refractivity contribution is -0.151. The van der Waals surface area contributed by atoms with Crippen molar-refractivity contribution in [1.82, 2.24) is 4.98 Å². The standard InChI is InChI=1S/C24H32N2O4S/c1-15-16(2)22-19(17(3)21(15)27)5-9-24(4,30-22)14-29-23(28)20(25)13-31-12-8-18-6-10-26-11-7-18/h6-7,10-11,20,27H,5,8-9,12-14,25H2,1-4H3. The Bertz CT molecular complexity index is 935. The Kier molecular flexibility index (Phi) is 7.49. The minimum absolute atomic E-state index is 0.152. The number of fused-ring (bicyclic) bond motifs is 1. The summed E-state index contributed by atoms with van der Waals surface area (Å²) in [5, 5.41) is 10.3. The number of phenols is 1. The molecule has 0 aliphatic carbocycles. The van der Waals surface area contributed by atoms with Crippen LogP contribution in [0.15, 0.2) is 24.5 Å². The molecule has 1 aromatic heterocycles. The van der Waals surface area contributed by atoms with Crippen LogP contribution < -0.4 is 10.5 Å². The van der Waals surface area contributed by atoms with Gasteiger partial charge in [-0.1, -0.05) is 0 Å². The van der Waals surface area contributed by atoms with Crippen LogP contribution in [-0.4, -0.2) is 45.8 Å². The van der Waals surface area contributed by atoms with Crippen LogP contribution in [0.3, 0.4) is 0 Å². The SMILES string of the molecule is Cc1c(C)c2c(c(C)c1O)CCC(C)(COC(=O)C(N)CSCCc1ccncc1)O2. The third-order valence-corrected chi connectivity index (χ3v) is 7.08. The number of aryl methyl sites for hydroxylation is 1. The van der Waals surface area contributed by atoms with Crippen LogP contribution in [0, 0.1) is 20.8 Å². The first-order chi connectivity index (χ1) is 14.7. The average Bonchev–Trinajstić information content (AvgIpc) is 2.78. The highest BCUT2D eigenvalue weighted by Gasteiger charge is 2.36. The second kappa shape index (κ2) is 9.92. The van der Waals surface area contributed by atoms with Gasteiger partial charge in [0.15, 0.2) is 0 Å². The zero-order chi connectivity index (χ0) is 22.6. The number of nitrogens with two attached hydrogens (primary N) is 1. The number of ether oxygens (including phenoxy) is 2. The smallest absolute Gasteiger partial charge is 0.323 e. The highest BCUT2D eigenvalue weighted by atomic mass is 32.2. The molecule has 3 N–H and O–H groups in total. The molecule has 7 heteroatoms. The van der Waals surface area contributed by atoms with E-state index in [9.17, 15) is 9.90 Å². The molecule has 0 spiro atoms. The first-order valence-corrected chi connectivity index (χ1v) is 11.8. The number of thioether (sulfide) groups is 1. The van der Waals surface area contributed by atoms with Gasteiger partial charge >= 0.3 is 5.97 Å². The van der Waals surface area contributed by atoms with E-state index in [0.717, 1.165) is 46.6 Å². The minimum Gasteiger partial charge on any atom is -0.507 e. The number of pyridine rings is 1. The van der Waals surface area contributed by atoms with E-state index in [2.05, 4.69) is 4.98 Å². The van der Waals surface area contributed by atoms with Gasteiger partial charge in [0, 0.05) is 23.7 Å². The third-order valence-electron chi connectivity index (χ3n) is 6.00. The van der Waals surface area contributed by atoms with Gasteiger partial charge in [-0.25, -0.2) is 0 Å². The summed E-state index contributed by atoms with van der Waals surface area (Å²) in [4.78, 5) is 16.4. The highest BCUT2D eigenvalue weighted by molar-refractivity contribution is 7.99. The zero-order valence-electron chi connectivity index (χ0n) is 18.7. The molecule has 1 aliphatic rings. The molecule has 168 valence electrons. The maximum Gasteiger partial charge on any atom is 0.323 e. The molecular weight excluding hydrogens is 412 g/mol. The molecule has 1 aromatic carbocycles. The van der Waals surface area contributed by atoms with Gasteiger partial charge in [0.1, 0.15) is 29.7 Å². The van der Waals surface area contributed by atoms with Gasteiger partial charge in [-0.2, -0.15) is 11.8 Å². The Hall–Kier alpha value is -2.25. The van der Waals surface area contributed by atoms with E-state index < -0.39 is 17.6 Å². The van der Waals surface area contributed by atoms with Gasteiger partial charge in [0.2, 0.25) is 0 Å². The molecule has 1 aliphatic heterocycles. The van der Waals surface area contributed by atoms with E-state index >= 15 is 0 Å². The van der Waals surface area contributed by atoms with Crippen molar-refractivity contribution < 1.29 is 19.4 Å². The van der Waals surface area contributed by atoms with Gasteiger partial charge in [-0.15, -0.1) is 0 Å². The van der Waals surface area contributed by atoms with Gasteiger partial charge in [-0.05, 0) is 87.1 Å². The molecule has 0 saturated heterocycles. The number of hydrogen-bond acceptors (Lipinski definition) is 7. The number of hydrogen-bond donors (Lipinski definition) is 2. The Morgan fingerprint density at radius 2 is 2.00 bits per heavy atom. The minimum atomic E-state index is -0.662. The number of carbonyl (C=O) groups excluding carboxylic acids is 1. The van der Waals surface area contributed by atoms with E-state index in [1.54, 1.807) is 24.2 Å². The van der Waals surface area contributed by atoms with Gasteiger partial charge < -0.3 is 20.3 Å². The van der Waals surface area contributed by atoms with Crippen molar-refractivity contribution in [3.63, 3.8) is 0 Å². The number of nitrogens with zero attached hydrogens (tertiary/aromatic N) is 1. The molecule has 0 radical (unpaired) electrons.